The number of likely N-dealkylation sites (tertiary alicyclic amines) is 1. The molecule has 1 aromatic heterocycles. The Bertz CT molecular complexity index is 311. The predicted octanol–water partition coefficient (Wildman–Crippen LogP) is 2.31. The molecule has 2 heterocycles. The highest BCUT2D eigenvalue weighted by Crippen LogP contribution is 2.16. The lowest BCUT2D eigenvalue weighted by molar-refractivity contribution is 0.0516. The lowest BCUT2D eigenvalue weighted by Crippen LogP contribution is -2.23. The molecule has 0 aliphatic carbocycles. The van der Waals surface area contributed by atoms with Crippen LogP contribution in [0.15, 0.2) is 16.9 Å². The van der Waals surface area contributed by atoms with Crippen LogP contribution in [-0.2, 0) is 11.3 Å². The molecule has 4 nitrogen and oxygen atoms in total. The maximum absolute atomic E-state index is 5.88. The van der Waals surface area contributed by atoms with Crippen molar-refractivity contribution >= 4 is 0 Å². The second-order valence-electron chi connectivity index (χ2n) is 5.19. The Morgan fingerprint density at radius 1 is 1.59 bits per heavy atom. The van der Waals surface area contributed by atoms with Crippen molar-refractivity contribution in [2.75, 3.05) is 19.7 Å². The van der Waals surface area contributed by atoms with Crippen molar-refractivity contribution in [3.8, 4) is 0 Å². The molecular formula is C13H22N2O2. The average Bonchev–Trinajstić information content (AvgIpc) is 2.90. The average molecular weight is 238 g/mol. The second kappa shape index (κ2) is 6.17. The molecule has 0 aromatic carbocycles. The number of aromatic nitrogens is 1. The van der Waals surface area contributed by atoms with Crippen molar-refractivity contribution in [3.63, 3.8) is 0 Å². The molecule has 1 aromatic rings. The van der Waals surface area contributed by atoms with Crippen molar-refractivity contribution < 1.29 is 9.26 Å². The van der Waals surface area contributed by atoms with Gasteiger partial charge in [-0.25, -0.2) is 0 Å². The molecule has 0 radical (unpaired) electrons. The van der Waals surface area contributed by atoms with Crippen LogP contribution in [0, 0.1) is 5.92 Å². The zero-order valence-corrected chi connectivity index (χ0v) is 10.8. The quantitative estimate of drug-likeness (QED) is 0.762. The Morgan fingerprint density at radius 3 is 3.18 bits per heavy atom. The van der Waals surface area contributed by atoms with E-state index in [-0.39, 0.29) is 0 Å². The fourth-order valence-corrected chi connectivity index (χ4v) is 2.10. The van der Waals surface area contributed by atoms with Gasteiger partial charge in [0.25, 0.3) is 0 Å². The summed E-state index contributed by atoms with van der Waals surface area (Å²) in [5.41, 5.74) is 1.01. The third-order valence-corrected chi connectivity index (χ3v) is 3.15. The molecule has 1 atom stereocenters. The van der Waals surface area contributed by atoms with Crippen LogP contribution in [0.3, 0.4) is 0 Å². The van der Waals surface area contributed by atoms with Gasteiger partial charge in [0.1, 0.15) is 6.26 Å². The first-order valence-corrected chi connectivity index (χ1v) is 6.47. The highest BCUT2D eigenvalue weighted by molar-refractivity contribution is 4.96. The third kappa shape index (κ3) is 4.13. The van der Waals surface area contributed by atoms with E-state index in [4.69, 9.17) is 9.26 Å². The number of hydrogen-bond donors (Lipinski definition) is 0. The first-order chi connectivity index (χ1) is 8.24. The zero-order chi connectivity index (χ0) is 12.1. The Hall–Kier alpha value is -0.870. The highest BCUT2D eigenvalue weighted by atomic mass is 16.5. The molecule has 0 unspecified atom stereocenters. The largest absolute Gasteiger partial charge is 0.377 e. The van der Waals surface area contributed by atoms with Crippen LogP contribution in [0.4, 0.5) is 0 Å². The minimum absolute atomic E-state index is 0.403. The van der Waals surface area contributed by atoms with Gasteiger partial charge in [-0.15, -0.1) is 0 Å². The van der Waals surface area contributed by atoms with Crippen LogP contribution in [0.2, 0.25) is 0 Å². The van der Waals surface area contributed by atoms with E-state index in [1.807, 2.05) is 6.07 Å². The fraction of sp³-hybridized carbons (Fsp3) is 0.769. The lowest BCUT2D eigenvalue weighted by atomic mass is 10.1. The molecule has 0 spiro atoms. The molecule has 1 fully saturated rings. The van der Waals surface area contributed by atoms with Gasteiger partial charge in [-0.1, -0.05) is 19.0 Å². The standard InChI is InChI=1S/C13H22N2O2/c1-11(2)4-7-16-13-3-6-15(10-13)9-12-5-8-17-14-12/h5,8,11,13H,3-4,6-7,9-10H2,1-2H3/t13-/m0/s1. The molecule has 2 rings (SSSR count). The van der Waals surface area contributed by atoms with E-state index < -0.39 is 0 Å². The summed E-state index contributed by atoms with van der Waals surface area (Å²) in [6.07, 6.45) is 4.32. The van der Waals surface area contributed by atoms with Gasteiger partial charge in [-0.3, -0.25) is 4.90 Å². The molecule has 0 amide bonds. The smallest absolute Gasteiger partial charge is 0.124 e. The Balaban J connectivity index is 1.65. The molecule has 96 valence electrons. The third-order valence-electron chi connectivity index (χ3n) is 3.15. The van der Waals surface area contributed by atoms with E-state index in [1.165, 1.54) is 0 Å². The summed E-state index contributed by atoms with van der Waals surface area (Å²) in [5, 5.41) is 3.93. The molecule has 17 heavy (non-hydrogen) atoms. The van der Waals surface area contributed by atoms with Crippen LogP contribution < -0.4 is 0 Å². The summed E-state index contributed by atoms with van der Waals surface area (Å²) in [7, 11) is 0. The minimum atomic E-state index is 0.403. The summed E-state index contributed by atoms with van der Waals surface area (Å²) < 4.78 is 10.7. The zero-order valence-electron chi connectivity index (χ0n) is 10.8. The van der Waals surface area contributed by atoms with Gasteiger partial charge in [-0.05, 0) is 18.8 Å². The Labute approximate surface area is 103 Å². The van der Waals surface area contributed by atoms with E-state index in [1.54, 1.807) is 6.26 Å². The Morgan fingerprint density at radius 2 is 2.47 bits per heavy atom. The van der Waals surface area contributed by atoms with Gasteiger partial charge in [0.15, 0.2) is 0 Å². The maximum Gasteiger partial charge on any atom is 0.124 e. The monoisotopic (exact) mass is 238 g/mol. The van der Waals surface area contributed by atoms with E-state index in [9.17, 15) is 0 Å². The normalized spacial score (nSPS) is 21.5. The van der Waals surface area contributed by atoms with E-state index in [0.717, 1.165) is 50.7 Å². The van der Waals surface area contributed by atoms with Crippen LogP contribution in [0.25, 0.3) is 0 Å². The molecule has 0 bridgehead atoms. The number of rotatable bonds is 6. The summed E-state index contributed by atoms with van der Waals surface area (Å²) in [6.45, 7) is 8.34. The van der Waals surface area contributed by atoms with Gasteiger partial charge < -0.3 is 9.26 Å². The summed E-state index contributed by atoms with van der Waals surface area (Å²) in [5.74, 6) is 0.725. The first-order valence-electron chi connectivity index (χ1n) is 6.47. The van der Waals surface area contributed by atoms with E-state index in [2.05, 4.69) is 23.9 Å². The SMILES string of the molecule is CC(C)CCO[C@H]1CCN(Cc2ccon2)C1. The molecule has 1 aliphatic rings. The molecule has 0 saturated carbocycles. The Kier molecular flexibility index (Phi) is 4.57. The van der Waals surface area contributed by atoms with Crippen molar-refractivity contribution in [1.82, 2.24) is 10.1 Å². The highest BCUT2D eigenvalue weighted by Gasteiger charge is 2.23. The number of nitrogens with zero attached hydrogens (tertiary/aromatic N) is 2. The summed E-state index contributed by atoms with van der Waals surface area (Å²) >= 11 is 0. The maximum atomic E-state index is 5.88. The lowest BCUT2D eigenvalue weighted by Gasteiger charge is -2.15. The number of ether oxygens (including phenoxy) is 1. The van der Waals surface area contributed by atoms with Crippen molar-refractivity contribution in [2.24, 2.45) is 5.92 Å². The topological polar surface area (TPSA) is 38.5 Å². The predicted molar refractivity (Wildman–Crippen MR) is 65.6 cm³/mol. The van der Waals surface area contributed by atoms with Gasteiger partial charge in [0, 0.05) is 32.3 Å². The van der Waals surface area contributed by atoms with Crippen molar-refractivity contribution in [1.29, 1.82) is 0 Å². The second-order valence-corrected chi connectivity index (χ2v) is 5.19. The molecule has 1 aliphatic heterocycles. The van der Waals surface area contributed by atoms with E-state index in [0.29, 0.717) is 6.10 Å². The molecular weight excluding hydrogens is 216 g/mol. The van der Waals surface area contributed by atoms with Gasteiger partial charge in [-0.2, -0.15) is 0 Å². The first kappa shape index (κ1) is 12.6. The van der Waals surface area contributed by atoms with Crippen LogP contribution in [-0.4, -0.2) is 35.9 Å². The fourth-order valence-electron chi connectivity index (χ4n) is 2.10. The van der Waals surface area contributed by atoms with E-state index >= 15 is 0 Å². The van der Waals surface area contributed by atoms with Crippen LogP contribution >= 0.6 is 0 Å². The van der Waals surface area contributed by atoms with Crippen molar-refractivity contribution in [2.45, 2.75) is 39.3 Å². The summed E-state index contributed by atoms with van der Waals surface area (Å²) in [4.78, 5) is 2.37. The van der Waals surface area contributed by atoms with Gasteiger partial charge in [0.05, 0.1) is 11.8 Å². The molecule has 1 saturated heterocycles. The molecule has 4 heteroatoms. The molecule has 0 N–H and O–H groups in total. The minimum Gasteiger partial charge on any atom is -0.377 e. The van der Waals surface area contributed by atoms with Crippen LogP contribution in [0.1, 0.15) is 32.4 Å². The van der Waals surface area contributed by atoms with Crippen LogP contribution in [0.5, 0.6) is 0 Å². The van der Waals surface area contributed by atoms with Gasteiger partial charge in [0.2, 0.25) is 0 Å². The number of hydrogen-bond acceptors (Lipinski definition) is 4. The summed E-state index contributed by atoms with van der Waals surface area (Å²) in [6, 6.07) is 1.92. The van der Waals surface area contributed by atoms with Gasteiger partial charge >= 0.3 is 0 Å². The van der Waals surface area contributed by atoms with Crippen molar-refractivity contribution in [3.05, 3.63) is 18.0 Å².